The fraction of sp³-hybridized carbons (Fsp3) is 0.364. The summed E-state index contributed by atoms with van der Waals surface area (Å²) in [6.07, 6.45) is 0. The second-order valence-corrected chi connectivity index (χ2v) is 3.68. The minimum absolute atomic E-state index is 0. The molecule has 0 saturated heterocycles. The van der Waals surface area contributed by atoms with Crippen LogP contribution in [0.5, 0.6) is 0 Å². The maximum absolute atomic E-state index is 13.2. The molecule has 1 amide bonds. The van der Waals surface area contributed by atoms with Crippen LogP contribution in [0, 0.1) is 17.6 Å². The van der Waals surface area contributed by atoms with Crippen molar-refractivity contribution in [3.63, 3.8) is 0 Å². The Morgan fingerprint density at radius 2 is 2.12 bits per heavy atom. The Kier molecular flexibility index (Phi) is 6.68. The molecule has 0 bridgehead atoms. The number of halogens is 3. The Balaban J connectivity index is 0.00000256. The molecule has 0 aromatic heterocycles. The molecule has 0 saturated carbocycles. The highest BCUT2D eigenvalue weighted by Gasteiger charge is 2.12. The Morgan fingerprint density at radius 3 is 2.71 bits per heavy atom. The average Bonchev–Trinajstić information content (AvgIpc) is 2.28. The first-order valence-electron chi connectivity index (χ1n) is 4.98. The zero-order valence-electron chi connectivity index (χ0n) is 9.37. The summed E-state index contributed by atoms with van der Waals surface area (Å²) in [5.74, 6) is -1.91. The predicted molar refractivity (Wildman–Crippen MR) is 64.2 cm³/mol. The van der Waals surface area contributed by atoms with Gasteiger partial charge >= 0.3 is 0 Å². The summed E-state index contributed by atoms with van der Waals surface area (Å²) in [6, 6.07) is 2.77. The van der Waals surface area contributed by atoms with Crippen LogP contribution in [0.4, 0.5) is 8.78 Å². The highest BCUT2D eigenvalue weighted by Crippen LogP contribution is 2.09. The monoisotopic (exact) mass is 264 g/mol. The van der Waals surface area contributed by atoms with Crippen LogP contribution >= 0.6 is 12.4 Å². The lowest BCUT2D eigenvalue weighted by Crippen LogP contribution is -2.31. The van der Waals surface area contributed by atoms with Gasteiger partial charge in [0.1, 0.15) is 11.6 Å². The Hall–Kier alpha value is -1.20. The van der Waals surface area contributed by atoms with Crippen LogP contribution in [-0.2, 0) is 0 Å². The topological polar surface area (TPSA) is 55.1 Å². The second-order valence-electron chi connectivity index (χ2n) is 3.68. The summed E-state index contributed by atoms with van der Waals surface area (Å²) >= 11 is 0. The van der Waals surface area contributed by atoms with Gasteiger partial charge in [0.15, 0.2) is 0 Å². The van der Waals surface area contributed by atoms with E-state index in [0.29, 0.717) is 13.1 Å². The molecule has 1 rings (SSSR count). The first-order valence-corrected chi connectivity index (χ1v) is 4.98. The maximum Gasteiger partial charge on any atom is 0.254 e. The molecular formula is C11H15ClF2N2O. The Bertz CT molecular complexity index is 388. The minimum atomic E-state index is -0.737. The zero-order valence-corrected chi connectivity index (χ0v) is 10.2. The van der Waals surface area contributed by atoms with Gasteiger partial charge in [0, 0.05) is 6.54 Å². The third-order valence-electron chi connectivity index (χ3n) is 2.19. The number of nitrogens with two attached hydrogens (primary N) is 1. The van der Waals surface area contributed by atoms with E-state index in [4.69, 9.17) is 5.73 Å². The largest absolute Gasteiger partial charge is 0.352 e. The number of nitrogens with one attached hydrogen (secondary N) is 1. The summed E-state index contributed by atoms with van der Waals surface area (Å²) in [5.41, 5.74) is 5.08. The molecule has 3 nitrogen and oxygen atoms in total. The van der Waals surface area contributed by atoms with E-state index in [1.807, 2.05) is 6.92 Å². The van der Waals surface area contributed by atoms with Crippen LogP contribution < -0.4 is 11.1 Å². The van der Waals surface area contributed by atoms with Crippen LogP contribution in [0.25, 0.3) is 0 Å². The molecule has 0 fully saturated rings. The van der Waals surface area contributed by atoms with Gasteiger partial charge in [-0.05, 0) is 30.7 Å². The number of carbonyl (C=O) groups excluding carboxylic acids is 1. The Labute approximate surface area is 105 Å². The molecule has 0 radical (unpaired) electrons. The number of rotatable bonds is 4. The number of benzene rings is 1. The van der Waals surface area contributed by atoms with E-state index in [1.165, 1.54) is 0 Å². The quantitative estimate of drug-likeness (QED) is 0.870. The predicted octanol–water partition coefficient (Wildman–Crippen LogP) is 1.71. The molecule has 0 aliphatic rings. The number of hydrogen-bond donors (Lipinski definition) is 2. The molecule has 1 atom stereocenters. The number of hydrogen-bond acceptors (Lipinski definition) is 2. The molecule has 0 heterocycles. The highest BCUT2D eigenvalue weighted by molar-refractivity contribution is 5.94. The van der Waals surface area contributed by atoms with Gasteiger partial charge in [0.05, 0.1) is 5.56 Å². The molecule has 6 heteroatoms. The van der Waals surface area contributed by atoms with E-state index < -0.39 is 17.5 Å². The first kappa shape index (κ1) is 15.8. The van der Waals surface area contributed by atoms with Crippen molar-refractivity contribution in [1.29, 1.82) is 0 Å². The van der Waals surface area contributed by atoms with Crippen LogP contribution in [0.1, 0.15) is 17.3 Å². The van der Waals surface area contributed by atoms with Gasteiger partial charge in [0.25, 0.3) is 5.91 Å². The SMILES string of the molecule is CC(CN)CNC(=O)c1cc(F)ccc1F.Cl. The maximum atomic E-state index is 13.2. The van der Waals surface area contributed by atoms with Crippen LogP contribution in [-0.4, -0.2) is 19.0 Å². The molecule has 0 spiro atoms. The molecule has 17 heavy (non-hydrogen) atoms. The van der Waals surface area contributed by atoms with Gasteiger partial charge in [-0.3, -0.25) is 4.79 Å². The van der Waals surface area contributed by atoms with Crippen LogP contribution in [0.15, 0.2) is 18.2 Å². The van der Waals surface area contributed by atoms with Gasteiger partial charge in [-0.25, -0.2) is 8.78 Å². The van der Waals surface area contributed by atoms with Gasteiger partial charge < -0.3 is 11.1 Å². The molecule has 1 unspecified atom stereocenters. The summed E-state index contributed by atoms with van der Waals surface area (Å²) in [6.45, 7) is 2.61. The fourth-order valence-electron chi connectivity index (χ4n) is 1.12. The van der Waals surface area contributed by atoms with Gasteiger partial charge in [-0.1, -0.05) is 6.92 Å². The van der Waals surface area contributed by atoms with Crippen LogP contribution in [0.3, 0.4) is 0 Å². The van der Waals surface area contributed by atoms with Crippen molar-refractivity contribution in [2.45, 2.75) is 6.92 Å². The summed E-state index contributed by atoms with van der Waals surface area (Å²) in [7, 11) is 0. The summed E-state index contributed by atoms with van der Waals surface area (Å²) in [4.78, 5) is 11.5. The first-order chi connectivity index (χ1) is 7.54. The average molecular weight is 265 g/mol. The van der Waals surface area contributed by atoms with Crippen molar-refractivity contribution in [3.05, 3.63) is 35.4 Å². The van der Waals surface area contributed by atoms with Crippen molar-refractivity contribution < 1.29 is 13.6 Å². The molecule has 3 N–H and O–H groups in total. The van der Waals surface area contributed by atoms with Gasteiger partial charge in [-0.15, -0.1) is 12.4 Å². The second kappa shape index (κ2) is 7.19. The standard InChI is InChI=1S/C11H14F2N2O.ClH/c1-7(5-14)6-15-11(16)9-4-8(12)2-3-10(9)13;/h2-4,7H,5-6,14H2,1H3,(H,15,16);1H. The molecule has 96 valence electrons. The van der Waals surface area contributed by atoms with Crippen molar-refractivity contribution in [3.8, 4) is 0 Å². The number of amides is 1. The smallest absolute Gasteiger partial charge is 0.254 e. The van der Waals surface area contributed by atoms with Gasteiger partial charge in [0.2, 0.25) is 0 Å². The lowest BCUT2D eigenvalue weighted by Gasteiger charge is -2.10. The third-order valence-corrected chi connectivity index (χ3v) is 2.19. The zero-order chi connectivity index (χ0) is 12.1. The summed E-state index contributed by atoms with van der Waals surface area (Å²) in [5, 5.41) is 2.49. The molecule has 0 aliphatic heterocycles. The van der Waals surface area contributed by atoms with Crippen molar-refractivity contribution in [1.82, 2.24) is 5.32 Å². The van der Waals surface area contributed by atoms with E-state index >= 15 is 0 Å². The van der Waals surface area contributed by atoms with E-state index in [1.54, 1.807) is 0 Å². The highest BCUT2D eigenvalue weighted by atomic mass is 35.5. The molecule has 1 aromatic rings. The lowest BCUT2D eigenvalue weighted by atomic mass is 10.1. The van der Waals surface area contributed by atoms with E-state index in [0.717, 1.165) is 18.2 Å². The van der Waals surface area contributed by atoms with Crippen LogP contribution in [0.2, 0.25) is 0 Å². The number of carbonyl (C=O) groups is 1. The molecular weight excluding hydrogens is 250 g/mol. The fourth-order valence-corrected chi connectivity index (χ4v) is 1.12. The molecule has 0 aliphatic carbocycles. The minimum Gasteiger partial charge on any atom is -0.352 e. The summed E-state index contributed by atoms with van der Waals surface area (Å²) < 4.78 is 26.0. The lowest BCUT2D eigenvalue weighted by molar-refractivity contribution is 0.0944. The third kappa shape index (κ3) is 4.66. The van der Waals surface area contributed by atoms with E-state index in [-0.39, 0.29) is 23.9 Å². The van der Waals surface area contributed by atoms with Gasteiger partial charge in [-0.2, -0.15) is 0 Å². The van der Waals surface area contributed by atoms with E-state index in [9.17, 15) is 13.6 Å². The van der Waals surface area contributed by atoms with Crippen molar-refractivity contribution in [2.24, 2.45) is 11.7 Å². The normalized spacial score (nSPS) is 11.5. The Morgan fingerprint density at radius 1 is 1.47 bits per heavy atom. The molecule has 1 aromatic carbocycles. The van der Waals surface area contributed by atoms with E-state index in [2.05, 4.69) is 5.32 Å². The van der Waals surface area contributed by atoms with Crippen molar-refractivity contribution >= 4 is 18.3 Å². The van der Waals surface area contributed by atoms with Crippen molar-refractivity contribution in [2.75, 3.05) is 13.1 Å².